The Hall–Kier alpha value is -4.54. The molecule has 0 aliphatic carbocycles. The van der Waals surface area contributed by atoms with Crippen LogP contribution in [0.2, 0.25) is 0 Å². The van der Waals surface area contributed by atoms with Crippen LogP contribution in [0, 0.1) is 0 Å². The normalized spacial score (nSPS) is 11.2. The Balaban J connectivity index is 1.53. The molecule has 11 heteroatoms. The highest BCUT2D eigenvalue weighted by molar-refractivity contribution is 5.94. The summed E-state index contributed by atoms with van der Waals surface area (Å²) in [5.74, 6) is 0.122. The van der Waals surface area contributed by atoms with Crippen LogP contribution in [-0.2, 0) is 20.6 Å². The van der Waals surface area contributed by atoms with Gasteiger partial charge in [0, 0.05) is 33.0 Å². The molecule has 0 aliphatic heterocycles. The van der Waals surface area contributed by atoms with Crippen molar-refractivity contribution in [2.75, 3.05) is 0 Å². The molecule has 0 radical (unpaired) electrons. The van der Waals surface area contributed by atoms with Gasteiger partial charge in [0.05, 0.1) is 11.8 Å². The molecule has 1 aromatic carbocycles. The van der Waals surface area contributed by atoms with Crippen LogP contribution in [0.15, 0.2) is 63.5 Å². The van der Waals surface area contributed by atoms with E-state index in [0.717, 1.165) is 10.1 Å². The predicted octanol–water partition coefficient (Wildman–Crippen LogP) is 1.40. The van der Waals surface area contributed by atoms with Gasteiger partial charge >= 0.3 is 11.7 Å². The Morgan fingerprint density at radius 3 is 2.58 bits per heavy atom. The number of carbonyl (C=O) groups excluding carboxylic acids is 1. The first-order valence-electron chi connectivity index (χ1n) is 10.1. The number of carbonyl (C=O) groups is 1. The Labute approximate surface area is 187 Å². The summed E-state index contributed by atoms with van der Waals surface area (Å²) in [6.45, 7) is 2.29. The second-order valence-electron chi connectivity index (χ2n) is 7.13. The van der Waals surface area contributed by atoms with Crippen LogP contribution in [0.1, 0.15) is 22.8 Å². The molecular formula is C22H21N7O4. The molecule has 0 fully saturated rings. The van der Waals surface area contributed by atoms with Crippen LogP contribution >= 0.6 is 0 Å². The Bertz CT molecular complexity index is 1470. The fourth-order valence-corrected chi connectivity index (χ4v) is 3.25. The maximum atomic E-state index is 12.6. The Kier molecular flexibility index (Phi) is 5.85. The van der Waals surface area contributed by atoms with Crippen molar-refractivity contribution in [3.63, 3.8) is 0 Å². The van der Waals surface area contributed by atoms with Gasteiger partial charge in [-0.05, 0) is 48.9 Å². The summed E-state index contributed by atoms with van der Waals surface area (Å²) >= 11 is 0. The first kappa shape index (κ1) is 21.7. The number of ether oxygens (including phenoxy) is 1. The number of rotatable bonds is 6. The number of aromatic nitrogens is 5. The lowest BCUT2D eigenvalue weighted by Gasteiger charge is -2.07. The standard InChI is InChI=1S/C22H21N7O4/c1-4-29-17-18(27(2)22(32)28(3)20(17)31)25-21(29)33-16-9-7-14(8-10-16)12-24-26-19(30)15-6-5-11-23-13-15/h5-13H,4H2,1-3H3,(H,26,30)/b24-12-. The molecule has 0 spiro atoms. The number of hydrazone groups is 1. The zero-order valence-corrected chi connectivity index (χ0v) is 18.2. The summed E-state index contributed by atoms with van der Waals surface area (Å²) in [5, 5.41) is 3.94. The van der Waals surface area contributed by atoms with Crippen molar-refractivity contribution in [3.8, 4) is 11.8 Å². The molecule has 0 bridgehead atoms. The molecule has 168 valence electrons. The summed E-state index contributed by atoms with van der Waals surface area (Å²) in [5.41, 5.74) is 3.24. The topological polar surface area (TPSA) is 125 Å². The SMILES string of the molecule is CCn1c(Oc2ccc(/C=N\NC(=O)c3cccnc3)cc2)nc2c1c(=O)n(C)c(=O)n2C. The van der Waals surface area contributed by atoms with Crippen LogP contribution in [0.5, 0.6) is 11.8 Å². The van der Waals surface area contributed by atoms with E-state index in [0.29, 0.717) is 23.4 Å². The molecule has 4 rings (SSSR count). The number of imidazole rings is 1. The average Bonchev–Trinajstić information content (AvgIpc) is 3.21. The van der Waals surface area contributed by atoms with Gasteiger partial charge in [0.1, 0.15) is 5.75 Å². The number of benzene rings is 1. The summed E-state index contributed by atoms with van der Waals surface area (Å²) in [4.78, 5) is 45.1. The van der Waals surface area contributed by atoms with E-state index in [1.807, 2.05) is 6.92 Å². The molecule has 0 unspecified atom stereocenters. The average molecular weight is 447 g/mol. The highest BCUT2D eigenvalue weighted by atomic mass is 16.5. The smallest absolute Gasteiger partial charge is 0.332 e. The van der Waals surface area contributed by atoms with Crippen molar-refractivity contribution in [2.24, 2.45) is 19.2 Å². The van der Waals surface area contributed by atoms with Crippen molar-refractivity contribution in [1.29, 1.82) is 0 Å². The van der Waals surface area contributed by atoms with E-state index >= 15 is 0 Å². The number of amides is 1. The van der Waals surface area contributed by atoms with Gasteiger partial charge in [-0.1, -0.05) is 0 Å². The highest BCUT2D eigenvalue weighted by Crippen LogP contribution is 2.24. The largest absolute Gasteiger partial charge is 0.425 e. The summed E-state index contributed by atoms with van der Waals surface area (Å²) in [7, 11) is 2.99. The number of fused-ring (bicyclic) bond motifs is 1. The predicted molar refractivity (Wildman–Crippen MR) is 122 cm³/mol. The lowest BCUT2D eigenvalue weighted by molar-refractivity contribution is 0.0954. The zero-order chi connectivity index (χ0) is 23.5. The van der Waals surface area contributed by atoms with Gasteiger partial charge in [-0.2, -0.15) is 10.1 Å². The molecule has 1 amide bonds. The molecule has 0 atom stereocenters. The van der Waals surface area contributed by atoms with E-state index in [1.54, 1.807) is 54.2 Å². The van der Waals surface area contributed by atoms with Crippen molar-refractivity contribution in [3.05, 3.63) is 80.8 Å². The van der Waals surface area contributed by atoms with Crippen LogP contribution in [-0.4, -0.2) is 35.8 Å². The first-order chi connectivity index (χ1) is 15.9. The second-order valence-corrected chi connectivity index (χ2v) is 7.13. The van der Waals surface area contributed by atoms with Crippen LogP contribution in [0.25, 0.3) is 11.2 Å². The number of pyridine rings is 1. The van der Waals surface area contributed by atoms with Gasteiger partial charge in [0.15, 0.2) is 11.2 Å². The van der Waals surface area contributed by atoms with Crippen LogP contribution < -0.4 is 21.4 Å². The number of hydrogen-bond donors (Lipinski definition) is 1. The Morgan fingerprint density at radius 2 is 1.91 bits per heavy atom. The van der Waals surface area contributed by atoms with E-state index in [9.17, 15) is 14.4 Å². The summed E-state index contributed by atoms with van der Waals surface area (Å²) < 4.78 is 9.88. The minimum absolute atomic E-state index is 0.205. The van der Waals surface area contributed by atoms with Crippen molar-refractivity contribution in [1.82, 2.24) is 29.1 Å². The van der Waals surface area contributed by atoms with Gasteiger partial charge in [-0.15, -0.1) is 0 Å². The quantitative estimate of drug-likeness (QED) is 0.352. The third-order valence-electron chi connectivity index (χ3n) is 5.02. The fraction of sp³-hybridized carbons (Fsp3) is 0.182. The maximum absolute atomic E-state index is 12.6. The molecule has 0 aliphatic rings. The third-order valence-corrected chi connectivity index (χ3v) is 5.02. The number of aryl methyl sites for hydroxylation is 2. The Morgan fingerprint density at radius 1 is 1.15 bits per heavy atom. The third kappa shape index (κ3) is 4.15. The monoisotopic (exact) mass is 447 g/mol. The molecule has 4 aromatic rings. The van der Waals surface area contributed by atoms with Gasteiger partial charge in [-0.3, -0.25) is 28.3 Å². The molecule has 11 nitrogen and oxygen atoms in total. The van der Waals surface area contributed by atoms with Crippen molar-refractivity contribution < 1.29 is 9.53 Å². The van der Waals surface area contributed by atoms with E-state index in [1.165, 1.54) is 24.0 Å². The second kappa shape index (κ2) is 8.91. The summed E-state index contributed by atoms with van der Waals surface area (Å²) in [6.07, 6.45) is 4.53. The highest BCUT2D eigenvalue weighted by Gasteiger charge is 2.19. The molecule has 1 N–H and O–H groups in total. The van der Waals surface area contributed by atoms with Gasteiger partial charge in [0.2, 0.25) is 0 Å². The minimum Gasteiger partial charge on any atom is -0.425 e. The molecular weight excluding hydrogens is 426 g/mol. The lowest BCUT2D eigenvalue weighted by atomic mass is 10.2. The molecule has 33 heavy (non-hydrogen) atoms. The lowest BCUT2D eigenvalue weighted by Crippen LogP contribution is -2.37. The molecule has 3 heterocycles. The van der Waals surface area contributed by atoms with Crippen LogP contribution in [0.4, 0.5) is 0 Å². The number of nitrogens with one attached hydrogen (secondary N) is 1. The van der Waals surface area contributed by atoms with E-state index in [4.69, 9.17) is 4.74 Å². The number of nitrogens with zero attached hydrogens (tertiary/aromatic N) is 6. The zero-order valence-electron chi connectivity index (χ0n) is 18.2. The van der Waals surface area contributed by atoms with Crippen LogP contribution in [0.3, 0.4) is 0 Å². The van der Waals surface area contributed by atoms with Gasteiger partial charge in [0.25, 0.3) is 11.5 Å². The summed E-state index contributed by atoms with van der Waals surface area (Å²) in [6, 6.07) is 10.4. The number of hydrogen-bond acceptors (Lipinski definition) is 7. The fourth-order valence-electron chi connectivity index (χ4n) is 3.25. The molecule has 3 aromatic heterocycles. The molecule has 0 saturated heterocycles. The first-order valence-corrected chi connectivity index (χ1v) is 10.1. The van der Waals surface area contributed by atoms with E-state index < -0.39 is 11.2 Å². The van der Waals surface area contributed by atoms with Gasteiger partial charge in [-0.25, -0.2) is 10.2 Å². The van der Waals surface area contributed by atoms with E-state index in [-0.39, 0.29) is 17.6 Å². The molecule has 0 saturated carbocycles. The maximum Gasteiger partial charge on any atom is 0.332 e. The van der Waals surface area contributed by atoms with E-state index in [2.05, 4.69) is 20.5 Å². The van der Waals surface area contributed by atoms with Crippen molar-refractivity contribution in [2.45, 2.75) is 13.5 Å². The minimum atomic E-state index is -0.459. The van der Waals surface area contributed by atoms with Gasteiger partial charge < -0.3 is 4.74 Å². The van der Waals surface area contributed by atoms with Crippen molar-refractivity contribution >= 4 is 23.3 Å².